The fourth-order valence-corrected chi connectivity index (χ4v) is 2.27. The van der Waals surface area contributed by atoms with Gasteiger partial charge in [-0.3, -0.25) is 0 Å². The van der Waals surface area contributed by atoms with E-state index in [0.717, 1.165) is 17.7 Å². The summed E-state index contributed by atoms with van der Waals surface area (Å²) >= 11 is 0. The molecule has 0 saturated heterocycles. The summed E-state index contributed by atoms with van der Waals surface area (Å²) in [5, 5.41) is 3.32. The van der Waals surface area contributed by atoms with E-state index in [0.29, 0.717) is 6.61 Å². The Bertz CT molecular complexity index is 581. The van der Waals surface area contributed by atoms with Gasteiger partial charge in [-0.25, -0.2) is 4.79 Å². The number of hydrogen-bond donors (Lipinski definition) is 1. The number of ether oxygens (including phenoxy) is 1. The molecule has 1 unspecified atom stereocenters. The molecule has 2 aromatic rings. The van der Waals surface area contributed by atoms with Crippen LogP contribution in [0.25, 0.3) is 0 Å². The van der Waals surface area contributed by atoms with Crippen LogP contribution in [0.15, 0.2) is 54.6 Å². The standard InChI is InChI=1S/C18H21NO2/c1-3-14-10-8-9-13-16(14)19-17(18(20)21-4-2)15-11-6-5-7-12-15/h5-13,17,19H,3-4H2,1-2H3. The minimum absolute atomic E-state index is 0.255. The Labute approximate surface area is 126 Å². The van der Waals surface area contributed by atoms with E-state index in [1.807, 2.05) is 55.5 Å². The zero-order chi connectivity index (χ0) is 15.1. The average molecular weight is 283 g/mol. The molecule has 3 heteroatoms. The summed E-state index contributed by atoms with van der Waals surface area (Å²) in [7, 11) is 0. The maximum absolute atomic E-state index is 12.3. The summed E-state index contributed by atoms with van der Waals surface area (Å²) in [5.74, 6) is -0.255. The first-order valence-corrected chi connectivity index (χ1v) is 7.32. The quantitative estimate of drug-likeness (QED) is 0.815. The number of benzene rings is 2. The van der Waals surface area contributed by atoms with Gasteiger partial charge in [0.15, 0.2) is 6.04 Å². The van der Waals surface area contributed by atoms with Crippen LogP contribution in [-0.2, 0) is 16.0 Å². The molecule has 3 nitrogen and oxygen atoms in total. The van der Waals surface area contributed by atoms with Gasteiger partial charge >= 0.3 is 5.97 Å². The van der Waals surface area contributed by atoms with Gasteiger partial charge in [-0.15, -0.1) is 0 Å². The number of aryl methyl sites for hydroxylation is 1. The highest BCUT2D eigenvalue weighted by molar-refractivity contribution is 5.81. The fourth-order valence-electron chi connectivity index (χ4n) is 2.27. The van der Waals surface area contributed by atoms with Crippen molar-refractivity contribution in [3.63, 3.8) is 0 Å². The van der Waals surface area contributed by atoms with Crippen LogP contribution in [0.2, 0.25) is 0 Å². The first-order chi connectivity index (χ1) is 10.3. The van der Waals surface area contributed by atoms with Gasteiger partial charge in [0.1, 0.15) is 0 Å². The highest BCUT2D eigenvalue weighted by Crippen LogP contribution is 2.24. The van der Waals surface area contributed by atoms with E-state index >= 15 is 0 Å². The first kappa shape index (κ1) is 15.1. The topological polar surface area (TPSA) is 38.3 Å². The molecule has 0 aliphatic rings. The zero-order valence-electron chi connectivity index (χ0n) is 12.5. The van der Waals surface area contributed by atoms with E-state index in [1.54, 1.807) is 0 Å². The maximum Gasteiger partial charge on any atom is 0.333 e. The van der Waals surface area contributed by atoms with Crippen LogP contribution in [-0.4, -0.2) is 12.6 Å². The van der Waals surface area contributed by atoms with Crippen molar-refractivity contribution in [3.05, 3.63) is 65.7 Å². The van der Waals surface area contributed by atoms with Gasteiger partial charge < -0.3 is 10.1 Å². The third-order valence-corrected chi connectivity index (χ3v) is 3.35. The number of nitrogens with one attached hydrogen (secondary N) is 1. The molecule has 0 radical (unpaired) electrons. The van der Waals surface area contributed by atoms with Crippen molar-refractivity contribution in [1.82, 2.24) is 0 Å². The molecule has 2 aromatic carbocycles. The summed E-state index contributed by atoms with van der Waals surface area (Å²) in [6.07, 6.45) is 0.910. The summed E-state index contributed by atoms with van der Waals surface area (Å²) < 4.78 is 5.20. The molecule has 110 valence electrons. The number of esters is 1. The van der Waals surface area contributed by atoms with Crippen molar-refractivity contribution in [2.75, 3.05) is 11.9 Å². The SMILES string of the molecule is CCOC(=O)C(Nc1ccccc1CC)c1ccccc1. The molecular formula is C18H21NO2. The van der Waals surface area contributed by atoms with Crippen molar-refractivity contribution in [3.8, 4) is 0 Å². The molecule has 0 amide bonds. The van der Waals surface area contributed by atoms with Gasteiger partial charge in [0.05, 0.1) is 6.61 Å². The lowest BCUT2D eigenvalue weighted by Crippen LogP contribution is -2.23. The normalized spacial score (nSPS) is 11.7. The van der Waals surface area contributed by atoms with E-state index in [2.05, 4.69) is 18.3 Å². The van der Waals surface area contributed by atoms with Crippen LogP contribution in [0.3, 0.4) is 0 Å². The smallest absolute Gasteiger partial charge is 0.333 e. The molecule has 0 aromatic heterocycles. The van der Waals surface area contributed by atoms with Gasteiger partial charge in [-0.05, 0) is 30.5 Å². The molecule has 0 saturated carbocycles. The molecule has 21 heavy (non-hydrogen) atoms. The van der Waals surface area contributed by atoms with Crippen molar-refractivity contribution < 1.29 is 9.53 Å². The van der Waals surface area contributed by atoms with Crippen LogP contribution < -0.4 is 5.32 Å². The molecule has 0 bridgehead atoms. The Morgan fingerprint density at radius 1 is 1.05 bits per heavy atom. The molecule has 0 aliphatic heterocycles. The van der Waals surface area contributed by atoms with E-state index in [9.17, 15) is 4.79 Å². The van der Waals surface area contributed by atoms with Crippen LogP contribution in [0, 0.1) is 0 Å². The van der Waals surface area contributed by atoms with Crippen molar-refractivity contribution in [2.45, 2.75) is 26.3 Å². The Kier molecular flexibility index (Phi) is 5.38. The maximum atomic E-state index is 12.3. The van der Waals surface area contributed by atoms with Crippen LogP contribution in [0.4, 0.5) is 5.69 Å². The monoisotopic (exact) mass is 283 g/mol. The van der Waals surface area contributed by atoms with Crippen molar-refractivity contribution in [2.24, 2.45) is 0 Å². The number of hydrogen-bond acceptors (Lipinski definition) is 3. The minimum Gasteiger partial charge on any atom is -0.464 e. The second kappa shape index (κ2) is 7.48. The van der Waals surface area contributed by atoms with Crippen LogP contribution in [0.5, 0.6) is 0 Å². The number of rotatable bonds is 6. The lowest BCUT2D eigenvalue weighted by molar-refractivity contribution is -0.144. The van der Waals surface area contributed by atoms with Gasteiger partial charge in [-0.2, -0.15) is 0 Å². The number of anilines is 1. The zero-order valence-corrected chi connectivity index (χ0v) is 12.5. The minimum atomic E-state index is -0.487. The molecule has 0 aliphatic carbocycles. The largest absolute Gasteiger partial charge is 0.464 e. The van der Waals surface area contributed by atoms with E-state index in [-0.39, 0.29) is 5.97 Å². The highest BCUT2D eigenvalue weighted by atomic mass is 16.5. The summed E-state index contributed by atoms with van der Waals surface area (Å²) in [6.45, 7) is 4.29. The highest BCUT2D eigenvalue weighted by Gasteiger charge is 2.22. The molecule has 0 spiro atoms. The molecule has 0 fully saturated rings. The summed E-state index contributed by atoms with van der Waals surface area (Å²) in [5.41, 5.74) is 3.06. The van der Waals surface area contributed by atoms with E-state index < -0.39 is 6.04 Å². The second-order valence-electron chi connectivity index (χ2n) is 4.75. The molecule has 1 atom stereocenters. The number of carbonyl (C=O) groups is 1. The fraction of sp³-hybridized carbons (Fsp3) is 0.278. The Hall–Kier alpha value is -2.29. The molecule has 1 N–H and O–H groups in total. The first-order valence-electron chi connectivity index (χ1n) is 7.32. The Morgan fingerprint density at radius 3 is 2.38 bits per heavy atom. The van der Waals surface area contributed by atoms with E-state index in [1.165, 1.54) is 5.56 Å². The van der Waals surface area contributed by atoms with E-state index in [4.69, 9.17) is 4.74 Å². The van der Waals surface area contributed by atoms with Gasteiger partial charge in [0.25, 0.3) is 0 Å². The van der Waals surface area contributed by atoms with Gasteiger partial charge in [0, 0.05) is 5.69 Å². The Morgan fingerprint density at radius 2 is 1.71 bits per heavy atom. The average Bonchev–Trinajstić information content (AvgIpc) is 2.54. The third-order valence-electron chi connectivity index (χ3n) is 3.35. The van der Waals surface area contributed by atoms with Crippen LogP contribution >= 0.6 is 0 Å². The summed E-state index contributed by atoms with van der Waals surface area (Å²) in [6, 6.07) is 17.2. The molecule has 2 rings (SSSR count). The lowest BCUT2D eigenvalue weighted by Gasteiger charge is -2.20. The Balaban J connectivity index is 2.30. The third kappa shape index (κ3) is 3.85. The predicted octanol–water partition coefficient (Wildman–Crippen LogP) is 3.97. The van der Waals surface area contributed by atoms with Crippen LogP contribution in [0.1, 0.15) is 31.0 Å². The second-order valence-corrected chi connectivity index (χ2v) is 4.75. The number of carbonyl (C=O) groups excluding carboxylic acids is 1. The molecular weight excluding hydrogens is 262 g/mol. The van der Waals surface area contributed by atoms with Gasteiger partial charge in [0.2, 0.25) is 0 Å². The van der Waals surface area contributed by atoms with Gasteiger partial charge in [-0.1, -0.05) is 55.5 Å². The van der Waals surface area contributed by atoms with Crippen molar-refractivity contribution in [1.29, 1.82) is 0 Å². The summed E-state index contributed by atoms with van der Waals surface area (Å²) in [4.78, 5) is 12.3. The lowest BCUT2D eigenvalue weighted by atomic mass is 10.0. The predicted molar refractivity (Wildman–Crippen MR) is 85.3 cm³/mol. The van der Waals surface area contributed by atoms with Crippen molar-refractivity contribution >= 4 is 11.7 Å². The molecule has 0 heterocycles. The number of para-hydroxylation sites is 1.